The number of carbonyl (C=O) groups is 1. The van der Waals surface area contributed by atoms with E-state index < -0.39 is 0 Å². The van der Waals surface area contributed by atoms with Crippen LogP contribution in [-0.4, -0.2) is 16.2 Å². The van der Waals surface area contributed by atoms with Crippen molar-refractivity contribution in [1.29, 1.82) is 0 Å². The van der Waals surface area contributed by atoms with Crippen LogP contribution in [-0.2, 0) is 6.54 Å². The largest absolute Gasteiger partial charge is 0.337 e. The Hall–Kier alpha value is -3.22. The molecule has 2 amide bonds. The summed E-state index contributed by atoms with van der Waals surface area (Å²) in [7, 11) is 0. The van der Waals surface area contributed by atoms with Gasteiger partial charge >= 0.3 is 6.03 Å². The Labute approximate surface area is 131 Å². The van der Waals surface area contributed by atoms with E-state index >= 15 is 0 Å². The molecule has 3 aromatic rings. The standard InChI is InChI=1S/C16H13FN4O2/c17-12-8-6-11(7-9-12)15-20-14(23-21-15)10-18-16(22)19-13-4-2-1-3-5-13/h1-9H,10H2,(H2,18,19,22). The molecule has 3 rings (SSSR count). The Morgan fingerprint density at radius 2 is 1.83 bits per heavy atom. The zero-order chi connectivity index (χ0) is 16.1. The molecule has 0 saturated carbocycles. The number of anilines is 1. The van der Waals surface area contributed by atoms with Crippen molar-refractivity contribution in [3.05, 3.63) is 66.3 Å². The highest BCUT2D eigenvalue weighted by Gasteiger charge is 2.10. The zero-order valence-electron chi connectivity index (χ0n) is 12.0. The maximum atomic E-state index is 12.9. The molecule has 0 atom stereocenters. The van der Waals surface area contributed by atoms with Gasteiger partial charge in [0.1, 0.15) is 5.82 Å². The molecule has 7 heteroatoms. The van der Waals surface area contributed by atoms with E-state index in [-0.39, 0.29) is 24.3 Å². The summed E-state index contributed by atoms with van der Waals surface area (Å²) in [5.74, 6) is 0.259. The molecule has 0 aliphatic rings. The summed E-state index contributed by atoms with van der Waals surface area (Å²) >= 11 is 0. The molecule has 2 N–H and O–H groups in total. The Morgan fingerprint density at radius 1 is 1.09 bits per heavy atom. The quantitative estimate of drug-likeness (QED) is 0.775. The molecule has 1 heterocycles. The molecule has 0 fully saturated rings. The molecule has 1 aromatic heterocycles. The van der Waals surface area contributed by atoms with E-state index in [0.29, 0.717) is 17.1 Å². The van der Waals surface area contributed by atoms with E-state index in [9.17, 15) is 9.18 Å². The maximum absolute atomic E-state index is 12.9. The zero-order valence-corrected chi connectivity index (χ0v) is 12.0. The third-order valence-electron chi connectivity index (χ3n) is 3.00. The summed E-state index contributed by atoms with van der Waals surface area (Å²) in [5, 5.41) is 9.09. The molecule has 0 saturated heterocycles. The van der Waals surface area contributed by atoms with Gasteiger partial charge in [0.15, 0.2) is 0 Å². The van der Waals surface area contributed by atoms with Crippen LogP contribution in [0.2, 0.25) is 0 Å². The Kier molecular flexibility index (Phi) is 4.28. The second-order valence-corrected chi connectivity index (χ2v) is 4.69. The minimum Gasteiger partial charge on any atom is -0.337 e. The third-order valence-corrected chi connectivity index (χ3v) is 3.00. The van der Waals surface area contributed by atoms with Crippen molar-refractivity contribution in [3.63, 3.8) is 0 Å². The average Bonchev–Trinajstić information content (AvgIpc) is 3.04. The molecule has 23 heavy (non-hydrogen) atoms. The minimum atomic E-state index is -0.377. The van der Waals surface area contributed by atoms with Crippen LogP contribution in [0.5, 0.6) is 0 Å². The van der Waals surface area contributed by atoms with Crippen LogP contribution < -0.4 is 10.6 Å². The van der Waals surface area contributed by atoms with Gasteiger partial charge in [-0.15, -0.1) is 0 Å². The van der Waals surface area contributed by atoms with Gasteiger partial charge < -0.3 is 15.2 Å². The number of halogens is 1. The average molecular weight is 312 g/mol. The second-order valence-electron chi connectivity index (χ2n) is 4.69. The minimum absolute atomic E-state index is 0.0901. The number of carbonyl (C=O) groups excluding carboxylic acids is 1. The molecule has 2 aromatic carbocycles. The number of hydrogen-bond donors (Lipinski definition) is 2. The van der Waals surface area contributed by atoms with Crippen molar-refractivity contribution in [2.75, 3.05) is 5.32 Å². The van der Waals surface area contributed by atoms with E-state index in [1.807, 2.05) is 18.2 Å². The number of nitrogens with one attached hydrogen (secondary N) is 2. The summed E-state index contributed by atoms with van der Waals surface area (Å²) in [4.78, 5) is 15.9. The molecule has 0 spiro atoms. The van der Waals surface area contributed by atoms with E-state index in [2.05, 4.69) is 20.8 Å². The highest BCUT2D eigenvalue weighted by atomic mass is 19.1. The van der Waals surface area contributed by atoms with Crippen molar-refractivity contribution in [2.45, 2.75) is 6.54 Å². The van der Waals surface area contributed by atoms with E-state index in [0.717, 1.165) is 0 Å². The third kappa shape index (κ3) is 3.91. The Bertz CT molecular complexity index is 787. The van der Waals surface area contributed by atoms with Crippen molar-refractivity contribution in [1.82, 2.24) is 15.5 Å². The van der Waals surface area contributed by atoms with Crippen LogP contribution in [0.25, 0.3) is 11.4 Å². The van der Waals surface area contributed by atoms with Gasteiger partial charge in [0.05, 0.1) is 6.54 Å². The summed E-state index contributed by atoms with van der Waals surface area (Å²) in [5.41, 5.74) is 1.32. The van der Waals surface area contributed by atoms with Crippen LogP contribution >= 0.6 is 0 Å². The van der Waals surface area contributed by atoms with Gasteiger partial charge in [0.25, 0.3) is 0 Å². The van der Waals surface area contributed by atoms with Gasteiger partial charge in [-0.3, -0.25) is 0 Å². The highest BCUT2D eigenvalue weighted by molar-refractivity contribution is 5.89. The lowest BCUT2D eigenvalue weighted by Crippen LogP contribution is -2.28. The lowest BCUT2D eigenvalue weighted by Gasteiger charge is -2.04. The highest BCUT2D eigenvalue weighted by Crippen LogP contribution is 2.16. The number of aromatic nitrogens is 2. The lowest BCUT2D eigenvalue weighted by molar-refractivity contribution is 0.249. The van der Waals surface area contributed by atoms with Gasteiger partial charge in [-0.25, -0.2) is 9.18 Å². The van der Waals surface area contributed by atoms with Gasteiger partial charge in [-0.05, 0) is 36.4 Å². The topological polar surface area (TPSA) is 80.1 Å². The molecule has 0 bridgehead atoms. The smallest absolute Gasteiger partial charge is 0.319 e. The Balaban J connectivity index is 1.57. The summed E-state index contributed by atoms with van der Waals surface area (Å²) in [6, 6.07) is 14.4. The molecule has 0 radical (unpaired) electrons. The predicted octanol–water partition coefficient (Wildman–Crippen LogP) is 3.20. The molecule has 0 unspecified atom stereocenters. The van der Waals surface area contributed by atoms with Crippen LogP contribution in [0.3, 0.4) is 0 Å². The van der Waals surface area contributed by atoms with E-state index in [1.54, 1.807) is 24.3 Å². The summed E-state index contributed by atoms with van der Waals surface area (Å²) in [6.07, 6.45) is 0. The normalized spacial score (nSPS) is 10.3. The van der Waals surface area contributed by atoms with Crippen molar-refractivity contribution >= 4 is 11.7 Å². The van der Waals surface area contributed by atoms with Crippen LogP contribution in [0.4, 0.5) is 14.9 Å². The first-order valence-corrected chi connectivity index (χ1v) is 6.89. The van der Waals surface area contributed by atoms with Crippen LogP contribution in [0, 0.1) is 5.82 Å². The number of nitrogens with zero attached hydrogens (tertiary/aromatic N) is 2. The molecule has 0 aliphatic heterocycles. The fourth-order valence-corrected chi connectivity index (χ4v) is 1.90. The van der Waals surface area contributed by atoms with Gasteiger partial charge in [0.2, 0.25) is 11.7 Å². The monoisotopic (exact) mass is 312 g/mol. The van der Waals surface area contributed by atoms with E-state index in [4.69, 9.17) is 4.52 Å². The van der Waals surface area contributed by atoms with Crippen LogP contribution in [0.1, 0.15) is 5.89 Å². The SMILES string of the molecule is O=C(NCc1nc(-c2ccc(F)cc2)no1)Nc1ccccc1. The second kappa shape index (κ2) is 6.69. The fraction of sp³-hybridized carbons (Fsp3) is 0.0625. The molecular weight excluding hydrogens is 299 g/mol. The first-order valence-electron chi connectivity index (χ1n) is 6.89. The summed E-state index contributed by atoms with van der Waals surface area (Å²) < 4.78 is 17.9. The number of rotatable bonds is 4. The Morgan fingerprint density at radius 3 is 2.57 bits per heavy atom. The number of hydrogen-bond acceptors (Lipinski definition) is 4. The number of para-hydroxylation sites is 1. The van der Waals surface area contributed by atoms with Gasteiger partial charge in [-0.2, -0.15) is 4.98 Å². The van der Waals surface area contributed by atoms with E-state index in [1.165, 1.54) is 12.1 Å². The van der Waals surface area contributed by atoms with Gasteiger partial charge in [-0.1, -0.05) is 23.4 Å². The fourth-order valence-electron chi connectivity index (χ4n) is 1.90. The number of urea groups is 1. The number of benzene rings is 2. The van der Waals surface area contributed by atoms with Crippen molar-refractivity contribution in [2.24, 2.45) is 0 Å². The maximum Gasteiger partial charge on any atom is 0.319 e. The first kappa shape index (κ1) is 14.7. The molecule has 0 aliphatic carbocycles. The van der Waals surface area contributed by atoms with Crippen molar-refractivity contribution < 1.29 is 13.7 Å². The molecule has 116 valence electrons. The number of amides is 2. The molecule has 6 nitrogen and oxygen atoms in total. The first-order chi connectivity index (χ1) is 11.2. The lowest BCUT2D eigenvalue weighted by atomic mass is 10.2. The van der Waals surface area contributed by atoms with Gasteiger partial charge in [0, 0.05) is 11.3 Å². The summed E-state index contributed by atoms with van der Waals surface area (Å²) in [6.45, 7) is 0.0901. The predicted molar refractivity (Wildman–Crippen MR) is 82.0 cm³/mol. The van der Waals surface area contributed by atoms with Crippen molar-refractivity contribution in [3.8, 4) is 11.4 Å². The molecular formula is C16H13FN4O2. The van der Waals surface area contributed by atoms with Crippen LogP contribution in [0.15, 0.2) is 59.1 Å².